The molecule has 0 radical (unpaired) electrons. The number of carbonyl (C=O) groups is 2. The monoisotopic (exact) mass is 395 g/mol. The van der Waals surface area contributed by atoms with Crippen LogP contribution in [0.25, 0.3) is 0 Å². The summed E-state index contributed by atoms with van der Waals surface area (Å²) in [6, 6.07) is 5.12. The Morgan fingerprint density at radius 2 is 1.81 bits per heavy atom. The quantitative estimate of drug-likeness (QED) is 0.626. The summed E-state index contributed by atoms with van der Waals surface area (Å²) in [6.07, 6.45) is 4.50. The second-order valence-corrected chi connectivity index (χ2v) is 8.86. The second-order valence-electron chi connectivity index (χ2n) is 7.14. The molecule has 3 N–H and O–H groups in total. The molecule has 150 valence electrons. The van der Waals surface area contributed by atoms with E-state index in [1.807, 2.05) is 13.8 Å². The Morgan fingerprint density at radius 3 is 2.44 bits per heavy atom. The first-order valence-corrected chi connectivity index (χ1v) is 10.9. The molecule has 1 aromatic rings. The van der Waals surface area contributed by atoms with E-state index in [0.29, 0.717) is 0 Å². The van der Waals surface area contributed by atoms with Gasteiger partial charge in [0, 0.05) is 17.6 Å². The van der Waals surface area contributed by atoms with Crippen molar-refractivity contribution in [3.63, 3.8) is 0 Å². The maximum Gasteiger partial charge on any atom is 0.251 e. The lowest BCUT2D eigenvalue weighted by Crippen LogP contribution is -2.47. The van der Waals surface area contributed by atoms with Gasteiger partial charge < -0.3 is 10.6 Å². The first kappa shape index (κ1) is 21.4. The lowest BCUT2D eigenvalue weighted by Gasteiger charge is -2.18. The van der Waals surface area contributed by atoms with Crippen LogP contribution in [0.4, 0.5) is 0 Å². The van der Waals surface area contributed by atoms with Crippen LogP contribution in [-0.4, -0.2) is 38.4 Å². The molecule has 2 atom stereocenters. The van der Waals surface area contributed by atoms with Crippen molar-refractivity contribution >= 4 is 21.8 Å². The van der Waals surface area contributed by atoms with Crippen molar-refractivity contribution in [3.8, 4) is 0 Å². The molecule has 2 rings (SSSR count). The summed E-state index contributed by atoms with van der Waals surface area (Å²) in [5, 5.41) is 5.41. The zero-order valence-electron chi connectivity index (χ0n) is 16.1. The van der Waals surface area contributed by atoms with Gasteiger partial charge in [-0.1, -0.05) is 25.8 Å². The summed E-state index contributed by atoms with van der Waals surface area (Å²) in [7, 11) is -3.67. The van der Waals surface area contributed by atoms with Crippen LogP contribution < -0.4 is 15.4 Å². The predicted octanol–water partition coefficient (Wildman–Crippen LogP) is 1.94. The summed E-state index contributed by atoms with van der Waals surface area (Å²) in [4.78, 5) is 24.6. The van der Waals surface area contributed by atoms with Crippen LogP contribution in [0.15, 0.2) is 29.2 Å². The number of hydrogen-bond acceptors (Lipinski definition) is 4. The van der Waals surface area contributed by atoms with Gasteiger partial charge in [0.05, 0.1) is 4.90 Å². The average Bonchev–Trinajstić information content (AvgIpc) is 3.13. The molecule has 2 amide bonds. The van der Waals surface area contributed by atoms with Crippen LogP contribution in [-0.2, 0) is 14.8 Å². The third-order valence-corrected chi connectivity index (χ3v) is 6.34. The van der Waals surface area contributed by atoms with Crippen LogP contribution in [0.3, 0.4) is 0 Å². The molecular formula is C19H29N3O4S. The summed E-state index contributed by atoms with van der Waals surface area (Å²) in [5.41, 5.74) is 0.201. The topological polar surface area (TPSA) is 104 Å². The molecule has 0 bridgehead atoms. The molecule has 1 aliphatic rings. The molecule has 0 heterocycles. The highest BCUT2D eigenvalue weighted by Gasteiger charge is 2.24. The average molecular weight is 396 g/mol. The molecule has 7 nitrogen and oxygen atoms in total. The molecule has 1 saturated carbocycles. The second kappa shape index (κ2) is 9.32. The number of nitrogens with one attached hydrogen (secondary N) is 3. The Labute approximate surface area is 161 Å². The van der Waals surface area contributed by atoms with Gasteiger partial charge in [-0.05, 0) is 51.3 Å². The van der Waals surface area contributed by atoms with Crippen molar-refractivity contribution < 1.29 is 18.0 Å². The third-order valence-electron chi connectivity index (χ3n) is 4.83. The van der Waals surface area contributed by atoms with E-state index in [0.717, 1.165) is 32.1 Å². The highest BCUT2D eigenvalue weighted by molar-refractivity contribution is 7.89. The maximum absolute atomic E-state index is 12.5. The van der Waals surface area contributed by atoms with Crippen molar-refractivity contribution in [2.24, 2.45) is 0 Å². The van der Waals surface area contributed by atoms with Crippen molar-refractivity contribution in [2.45, 2.75) is 75.9 Å². The highest BCUT2D eigenvalue weighted by Crippen LogP contribution is 2.20. The lowest BCUT2D eigenvalue weighted by atomic mass is 10.2. The van der Waals surface area contributed by atoms with Gasteiger partial charge in [-0.15, -0.1) is 0 Å². The van der Waals surface area contributed by atoms with Crippen LogP contribution >= 0.6 is 0 Å². The van der Waals surface area contributed by atoms with Crippen molar-refractivity contribution in [2.75, 3.05) is 0 Å². The molecule has 1 aliphatic carbocycles. The van der Waals surface area contributed by atoms with E-state index in [9.17, 15) is 18.0 Å². The van der Waals surface area contributed by atoms with E-state index in [1.165, 1.54) is 24.3 Å². The molecule has 0 unspecified atom stereocenters. The van der Waals surface area contributed by atoms with Crippen LogP contribution in [0.5, 0.6) is 0 Å². The predicted molar refractivity (Wildman–Crippen MR) is 104 cm³/mol. The number of benzene rings is 1. The Morgan fingerprint density at radius 1 is 1.15 bits per heavy atom. The molecule has 8 heteroatoms. The van der Waals surface area contributed by atoms with Crippen LogP contribution in [0, 0.1) is 0 Å². The summed E-state index contributed by atoms with van der Waals surface area (Å²) < 4.78 is 27.8. The van der Waals surface area contributed by atoms with Gasteiger partial charge >= 0.3 is 0 Å². The summed E-state index contributed by atoms with van der Waals surface area (Å²) in [6.45, 7) is 5.44. The third kappa shape index (κ3) is 6.04. The minimum Gasteiger partial charge on any atom is -0.352 e. The number of amides is 2. The normalized spacial score (nSPS) is 17.3. The van der Waals surface area contributed by atoms with Crippen molar-refractivity contribution in [1.82, 2.24) is 15.4 Å². The zero-order valence-corrected chi connectivity index (χ0v) is 16.9. The standard InChI is InChI=1S/C19H29N3O4S/c1-4-13(2)20-18(23)14(3)21-19(24)15-8-7-11-17(12-15)27(25,26)22-16-9-5-6-10-16/h7-8,11-14,16,22H,4-6,9-10H2,1-3H3,(H,20,23)(H,21,24)/t13-,14-/m0/s1. The van der Waals surface area contributed by atoms with Crippen LogP contribution in [0.1, 0.15) is 63.2 Å². The molecule has 0 aliphatic heterocycles. The Balaban J connectivity index is 2.05. The number of sulfonamides is 1. The molecule has 1 fully saturated rings. The maximum atomic E-state index is 12.5. The van der Waals surface area contributed by atoms with E-state index >= 15 is 0 Å². The smallest absolute Gasteiger partial charge is 0.251 e. The molecule has 1 aromatic carbocycles. The molecule has 0 saturated heterocycles. The van der Waals surface area contributed by atoms with E-state index in [1.54, 1.807) is 6.92 Å². The van der Waals surface area contributed by atoms with Gasteiger partial charge in [0.25, 0.3) is 5.91 Å². The molecule has 0 aromatic heterocycles. The Hall–Kier alpha value is -1.93. The minimum absolute atomic E-state index is 0.0204. The van der Waals surface area contributed by atoms with Gasteiger partial charge in [0.15, 0.2) is 0 Å². The highest BCUT2D eigenvalue weighted by atomic mass is 32.2. The fraction of sp³-hybridized carbons (Fsp3) is 0.579. The first-order chi connectivity index (χ1) is 12.7. The van der Waals surface area contributed by atoms with Crippen molar-refractivity contribution in [1.29, 1.82) is 0 Å². The molecule has 27 heavy (non-hydrogen) atoms. The Bertz CT molecular complexity index is 773. The van der Waals surface area contributed by atoms with E-state index in [4.69, 9.17) is 0 Å². The number of rotatable bonds is 8. The Kier molecular flexibility index (Phi) is 7.38. The summed E-state index contributed by atoms with van der Waals surface area (Å²) in [5.74, 6) is -0.760. The van der Waals surface area contributed by atoms with Crippen molar-refractivity contribution in [3.05, 3.63) is 29.8 Å². The lowest BCUT2D eigenvalue weighted by molar-refractivity contribution is -0.123. The van der Waals surface area contributed by atoms with E-state index in [2.05, 4.69) is 15.4 Å². The molecule has 0 spiro atoms. The summed E-state index contributed by atoms with van der Waals surface area (Å²) >= 11 is 0. The fourth-order valence-corrected chi connectivity index (χ4v) is 4.30. The zero-order chi connectivity index (χ0) is 20.0. The van der Waals surface area contributed by atoms with Gasteiger partial charge in [-0.3, -0.25) is 9.59 Å². The number of hydrogen-bond donors (Lipinski definition) is 3. The molecular weight excluding hydrogens is 366 g/mol. The van der Waals surface area contributed by atoms with Gasteiger partial charge in [0.2, 0.25) is 15.9 Å². The van der Waals surface area contributed by atoms with E-state index in [-0.39, 0.29) is 28.4 Å². The fourth-order valence-electron chi connectivity index (χ4n) is 2.95. The van der Waals surface area contributed by atoms with Gasteiger partial charge in [0.1, 0.15) is 6.04 Å². The van der Waals surface area contributed by atoms with Gasteiger partial charge in [-0.25, -0.2) is 13.1 Å². The van der Waals surface area contributed by atoms with Gasteiger partial charge in [-0.2, -0.15) is 0 Å². The van der Waals surface area contributed by atoms with Crippen LogP contribution in [0.2, 0.25) is 0 Å². The minimum atomic E-state index is -3.67. The number of carbonyl (C=O) groups excluding carboxylic acids is 2. The van der Waals surface area contributed by atoms with E-state index < -0.39 is 22.0 Å². The largest absolute Gasteiger partial charge is 0.352 e. The SMILES string of the molecule is CC[C@H](C)NC(=O)[C@H](C)NC(=O)c1cccc(S(=O)(=O)NC2CCCC2)c1. The first-order valence-electron chi connectivity index (χ1n) is 9.46.